The summed E-state index contributed by atoms with van der Waals surface area (Å²) in [4.78, 5) is 66.8. The van der Waals surface area contributed by atoms with Gasteiger partial charge in [0.2, 0.25) is 17.7 Å². The summed E-state index contributed by atoms with van der Waals surface area (Å²) in [6.45, 7) is 5.81. The number of ether oxygens (including phenoxy) is 3. The molecule has 3 N–H and O–H groups in total. The number of carbonyl (C=O) groups excluding carboxylic acids is 6. The predicted molar refractivity (Wildman–Crippen MR) is 140 cm³/mol. The number of hydrogen-bond acceptors (Lipinski definition) is 9. The largest absolute Gasteiger partial charge is 0.467 e. The second kappa shape index (κ2) is 24.0. The fourth-order valence-electron chi connectivity index (χ4n) is 2.54. The van der Waals surface area contributed by atoms with Crippen LogP contribution in [-0.4, -0.2) is 75.1 Å². The third-order valence-electron chi connectivity index (χ3n) is 4.11. The van der Waals surface area contributed by atoms with Gasteiger partial charge in [-0.2, -0.15) is 0 Å². The summed E-state index contributed by atoms with van der Waals surface area (Å²) in [5.41, 5.74) is 0. The van der Waals surface area contributed by atoms with Gasteiger partial charge in [0.15, 0.2) is 0 Å². The SMILES string of the molecule is C.C.CC=CC[C@H](NC(C)=O)C(=O)OC.COC(=O)[C@H](CC=CC[C@H](NC(C)=O)C(=O)OC)NC(C)=O. The van der Waals surface area contributed by atoms with Crippen LogP contribution in [0.1, 0.15) is 61.8 Å². The first-order valence-electron chi connectivity index (χ1n) is 10.7. The van der Waals surface area contributed by atoms with Crippen LogP contribution in [0.2, 0.25) is 0 Å². The van der Waals surface area contributed by atoms with Crippen molar-refractivity contribution in [2.45, 2.75) is 79.9 Å². The normalized spacial score (nSPS) is 12.2. The maximum absolute atomic E-state index is 11.5. The highest BCUT2D eigenvalue weighted by atomic mass is 16.5. The lowest BCUT2D eigenvalue weighted by atomic mass is 10.1. The van der Waals surface area contributed by atoms with E-state index in [0.717, 1.165) is 0 Å². The van der Waals surface area contributed by atoms with Crippen molar-refractivity contribution < 1.29 is 43.0 Å². The maximum Gasteiger partial charge on any atom is 0.328 e. The minimum Gasteiger partial charge on any atom is -0.467 e. The van der Waals surface area contributed by atoms with Crippen LogP contribution in [0.15, 0.2) is 24.3 Å². The van der Waals surface area contributed by atoms with E-state index in [9.17, 15) is 28.8 Å². The van der Waals surface area contributed by atoms with Crippen LogP contribution < -0.4 is 16.0 Å². The smallest absolute Gasteiger partial charge is 0.328 e. The van der Waals surface area contributed by atoms with Gasteiger partial charge < -0.3 is 30.2 Å². The zero-order valence-corrected chi connectivity index (χ0v) is 21.3. The molecule has 0 rings (SSSR count). The fraction of sp³-hybridized carbons (Fsp3) is 0.600. The van der Waals surface area contributed by atoms with E-state index in [4.69, 9.17) is 0 Å². The molecule has 3 amide bonds. The lowest BCUT2D eigenvalue weighted by Crippen LogP contribution is -2.40. The Morgan fingerprint density at radius 1 is 0.568 bits per heavy atom. The Kier molecular flexibility index (Phi) is 26.3. The van der Waals surface area contributed by atoms with E-state index in [1.54, 1.807) is 18.2 Å². The molecule has 0 spiro atoms. The molecule has 214 valence electrons. The highest BCUT2D eigenvalue weighted by Gasteiger charge is 2.20. The van der Waals surface area contributed by atoms with Gasteiger partial charge in [-0.25, -0.2) is 14.4 Å². The first-order valence-corrected chi connectivity index (χ1v) is 10.7. The molecule has 3 atom stereocenters. The Morgan fingerprint density at radius 2 is 0.811 bits per heavy atom. The standard InChI is InChI=1S/C14H22N2O6.C9H15NO3.2CH4/c1-9(17)15-11(13(19)21-3)7-5-6-8-12(14(20)22-4)16-10(2)18;1-4-5-6-8(9(12)13-3)10-7(2)11;;/h5-6,11-12H,7-8H2,1-4H3,(H,15,17)(H,16,18);4-5,8H,6H2,1-3H3,(H,10,11);2*1H4/t11-,12-;8-;;/m00../s1. The van der Waals surface area contributed by atoms with Gasteiger partial charge in [0.25, 0.3) is 0 Å². The third-order valence-corrected chi connectivity index (χ3v) is 4.11. The summed E-state index contributed by atoms with van der Waals surface area (Å²) in [6.07, 6.45) is 7.74. The van der Waals surface area contributed by atoms with E-state index < -0.39 is 36.0 Å². The Labute approximate surface area is 220 Å². The number of esters is 3. The van der Waals surface area contributed by atoms with Crippen LogP contribution in [0, 0.1) is 0 Å². The van der Waals surface area contributed by atoms with Gasteiger partial charge in [-0.3, -0.25) is 14.4 Å². The van der Waals surface area contributed by atoms with Gasteiger partial charge in [0.1, 0.15) is 18.1 Å². The first kappa shape index (κ1) is 40.5. The van der Waals surface area contributed by atoms with Crippen LogP contribution in [-0.2, 0) is 43.0 Å². The highest BCUT2D eigenvalue weighted by molar-refractivity contribution is 5.84. The van der Waals surface area contributed by atoms with Crippen molar-refractivity contribution in [3.8, 4) is 0 Å². The van der Waals surface area contributed by atoms with E-state index in [0.29, 0.717) is 6.42 Å². The lowest BCUT2D eigenvalue weighted by molar-refractivity contribution is -0.145. The van der Waals surface area contributed by atoms with Crippen LogP contribution in [0.3, 0.4) is 0 Å². The third kappa shape index (κ3) is 21.3. The van der Waals surface area contributed by atoms with E-state index in [1.165, 1.54) is 42.1 Å². The first-order chi connectivity index (χ1) is 16.4. The number of rotatable bonds is 12. The van der Waals surface area contributed by atoms with E-state index in [1.807, 2.05) is 13.0 Å². The highest BCUT2D eigenvalue weighted by Crippen LogP contribution is 2.02. The monoisotopic (exact) mass is 531 g/mol. The molecule has 0 aliphatic carbocycles. The molecular formula is C25H45N3O9. The Morgan fingerprint density at radius 3 is 1.00 bits per heavy atom. The second-order valence-electron chi connectivity index (χ2n) is 7.08. The molecule has 37 heavy (non-hydrogen) atoms. The molecule has 12 heteroatoms. The van der Waals surface area contributed by atoms with E-state index in [-0.39, 0.29) is 45.4 Å². The molecule has 0 radical (unpaired) electrons. The number of hydrogen-bond donors (Lipinski definition) is 3. The van der Waals surface area contributed by atoms with Crippen molar-refractivity contribution in [1.29, 1.82) is 0 Å². The number of allylic oxidation sites excluding steroid dienone is 1. The zero-order chi connectivity index (χ0) is 27.4. The summed E-state index contributed by atoms with van der Waals surface area (Å²) in [5, 5.41) is 7.42. The van der Waals surface area contributed by atoms with Crippen molar-refractivity contribution in [3.63, 3.8) is 0 Å². The molecule has 12 nitrogen and oxygen atoms in total. The van der Waals surface area contributed by atoms with Gasteiger partial charge in [0, 0.05) is 20.8 Å². The van der Waals surface area contributed by atoms with Crippen LogP contribution in [0.5, 0.6) is 0 Å². The zero-order valence-electron chi connectivity index (χ0n) is 21.3. The molecule has 0 saturated heterocycles. The molecule has 0 unspecified atom stereocenters. The summed E-state index contributed by atoms with van der Waals surface area (Å²) in [5.74, 6) is -2.49. The fourth-order valence-corrected chi connectivity index (χ4v) is 2.54. The van der Waals surface area contributed by atoms with E-state index >= 15 is 0 Å². The quantitative estimate of drug-likeness (QED) is 0.192. The minimum absolute atomic E-state index is 0. The van der Waals surface area contributed by atoms with Crippen molar-refractivity contribution >= 4 is 35.6 Å². The molecule has 0 heterocycles. The summed E-state index contributed by atoms with van der Waals surface area (Å²) in [7, 11) is 3.75. The van der Waals surface area contributed by atoms with Gasteiger partial charge >= 0.3 is 17.9 Å². The molecule has 0 aliphatic heterocycles. The Bertz CT molecular complexity index is 739. The molecule has 0 aliphatic rings. The van der Waals surface area contributed by atoms with Crippen LogP contribution >= 0.6 is 0 Å². The summed E-state index contributed by atoms with van der Waals surface area (Å²) >= 11 is 0. The second-order valence-corrected chi connectivity index (χ2v) is 7.08. The lowest BCUT2D eigenvalue weighted by Gasteiger charge is -2.14. The average molecular weight is 532 g/mol. The van der Waals surface area contributed by atoms with Gasteiger partial charge in [-0.1, -0.05) is 39.2 Å². The molecule has 0 aromatic carbocycles. The van der Waals surface area contributed by atoms with Crippen molar-refractivity contribution in [3.05, 3.63) is 24.3 Å². The van der Waals surface area contributed by atoms with Crippen molar-refractivity contribution in [2.75, 3.05) is 21.3 Å². The topological polar surface area (TPSA) is 166 Å². The molecule has 0 saturated carbocycles. The molecule has 0 fully saturated rings. The predicted octanol–water partition coefficient (Wildman–Crippen LogP) is 1.58. The molecular weight excluding hydrogens is 486 g/mol. The Hall–Kier alpha value is -3.70. The van der Waals surface area contributed by atoms with Gasteiger partial charge in [-0.15, -0.1) is 0 Å². The summed E-state index contributed by atoms with van der Waals surface area (Å²) < 4.78 is 13.7. The van der Waals surface area contributed by atoms with Gasteiger partial charge in [-0.05, 0) is 26.2 Å². The molecule has 0 aromatic heterocycles. The average Bonchev–Trinajstić information content (AvgIpc) is 2.80. The van der Waals surface area contributed by atoms with Crippen LogP contribution in [0.4, 0.5) is 0 Å². The number of carbonyl (C=O) groups is 6. The number of methoxy groups -OCH3 is 3. The summed E-state index contributed by atoms with van der Waals surface area (Å²) in [6, 6.07) is -2.16. The molecule has 0 aromatic rings. The Balaban J connectivity index is -0.000000313. The number of nitrogens with one attached hydrogen (secondary N) is 3. The molecule has 0 bridgehead atoms. The minimum atomic E-state index is -0.795. The van der Waals surface area contributed by atoms with Gasteiger partial charge in [0.05, 0.1) is 21.3 Å². The number of amides is 3. The van der Waals surface area contributed by atoms with Crippen LogP contribution in [0.25, 0.3) is 0 Å². The van der Waals surface area contributed by atoms with E-state index in [2.05, 4.69) is 30.2 Å². The van der Waals surface area contributed by atoms with Crippen molar-refractivity contribution in [1.82, 2.24) is 16.0 Å². The van der Waals surface area contributed by atoms with Crippen molar-refractivity contribution in [2.24, 2.45) is 0 Å². The maximum atomic E-state index is 11.5.